The van der Waals surface area contributed by atoms with Crippen molar-refractivity contribution in [1.82, 2.24) is 5.32 Å². The van der Waals surface area contributed by atoms with Crippen LogP contribution < -0.4 is 5.32 Å². The summed E-state index contributed by atoms with van der Waals surface area (Å²) in [6.45, 7) is 2.61. The average molecular weight is 373 g/mol. The molecule has 1 unspecified atom stereocenters. The maximum atomic E-state index is 13.9. The molecule has 0 amide bonds. The molecule has 0 fully saturated rings. The summed E-state index contributed by atoms with van der Waals surface area (Å²) in [5.41, 5.74) is 1.26. The van der Waals surface area contributed by atoms with E-state index in [0.717, 1.165) is 15.2 Å². The van der Waals surface area contributed by atoms with E-state index >= 15 is 0 Å². The Morgan fingerprint density at radius 1 is 1.11 bits per heavy atom. The zero-order chi connectivity index (χ0) is 13.8. The fourth-order valence-electron chi connectivity index (χ4n) is 2.01. The summed E-state index contributed by atoms with van der Waals surface area (Å²) in [5.74, 6) is -1.60. The van der Waals surface area contributed by atoms with Crippen LogP contribution in [0.1, 0.15) is 24.1 Å². The van der Waals surface area contributed by atoms with Crippen LogP contribution in [0.4, 0.5) is 8.78 Å². The van der Waals surface area contributed by atoms with Gasteiger partial charge in [-0.1, -0.05) is 31.2 Å². The lowest BCUT2D eigenvalue weighted by atomic mass is 9.98. The fraction of sp³-hybridized carbons (Fsp3) is 0.200. The normalized spacial score (nSPS) is 12.4. The van der Waals surface area contributed by atoms with E-state index in [1.165, 1.54) is 6.07 Å². The molecule has 1 atom stereocenters. The van der Waals surface area contributed by atoms with Gasteiger partial charge in [0.15, 0.2) is 11.6 Å². The molecular formula is C15H14F2IN. The van der Waals surface area contributed by atoms with Gasteiger partial charge in [-0.05, 0) is 52.9 Å². The van der Waals surface area contributed by atoms with Crippen LogP contribution in [0.3, 0.4) is 0 Å². The summed E-state index contributed by atoms with van der Waals surface area (Å²) in [5, 5.41) is 3.19. The SMILES string of the molecule is CCNC(c1ccc(I)cc1)c1cccc(F)c1F. The van der Waals surface area contributed by atoms with Gasteiger partial charge in [0, 0.05) is 9.13 Å². The zero-order valence-corrected chi connectivity index (χ0v) is 12.6. The van der Waals surface area contributed by atoms with Crippen molar-refractivity contribution in [1.29, 1.82) is 0 Å². The fourth-order valence-corrected chi connectivity index (χ4v) is 2.37. The Morgan fingerprint density at radius 3 is 2.42 bits per heavy atom. The molecule has 19 heavy (non-hydrogen) atoms. The number of hydrogen-bond donors (Lipinski definition) is 1. The predicted molar refractivity (Wildman–Crippen MR) is 81.0 cm³/mol. The van der Waals surface area contributed by atoms with Gasteiger partial charge in [0.1, 0.15) is 0 Å². The first-order valence-corrected chi connectivity index (χ1v) is 7.14. The molecule has 100 valence electrons. The maximum absolute atomic E-state index is 13.9. The molecule has 0 bridgehead atoms. The van der Waals surface area contributed by atoms with Crippen LogP contribution in [-0.2, 0) is 0 Å². The van der Waals surface area contributed by atoms with Gasteiger partial charge >= 0.3 is 0 Å². The quantitative estimate of drug-likeness (QED) is 0.790. The van der Waals surface area contributed by atoms with Gasteiger partial charge in [-0.25, -0.2) is 8.78 Å². The van der Waals surface area contributed by atoms with Crippen molar-refractivity contribution in [2.75, 3.05) is 6.54 Å². The highest BCUT2D eigenvalue weighted by atomic mass is 127. The van der Waals surface area contributed by atoms with Crippen molar-refractivity contribution < 1.29 is 8.78 Å². The first-order valence-electron chi connectivity index (χ1n) is 6.06. The van der Waals surface area contributed by atoms with E-state index in [-0.39, 0.29) is 6.04 Å². The zero-order valence-electron chi connectivity index (χ0n) is 10.5. The number of hydrogen-bond acceptors (Lipinski definition) is 1. The average Bonchev–Trinajstić information content (AvgIpc) is 2.41. The second kappa shape index (κ2) is 6.43. The van der Waals surface area contributed by atoms with Gasteiger partial charge in [0.2, 0.25) is 0 Å². The van der Waals surface area contributed by atoms with E-state index in [1.54, 1.807) is 6.07 Å². The largest absolute Gasteiger partial charge is 0.306 e. The Hall–Kier alpha value is -1.01. The van der Waals surface area contributed by atoms with Crippen molar-refractivity contribution >= 4 is 22.6 Å². The first-order chi connectivity index (χ1) is 9.13. The summed E-state index contributed by atoms with van der Waals surface area (Å²) >= 11 is 2.21. The highest BCUT2D eigenvalue weighted by molar-refractivity contribution is 14.1. The molecule has 1 nitrogen and oxygen atoms in total. The lowest BCUT2D eigenvalue weighted by molar-refractivity contribution is 0.483. The maximum Gasteiger partial charge on any atom is 0.163 e. The topological polar surface area (TPSA) is 12.0 Å². The van der Waals surface area contributed by atoms with Gasteiger partial charge < -0.3 is 5.32 Å². The van der Waals surface area contributed by atoms with Crippen LogP contribution >= 0.6 is 22.6 Å². The molecule has 0 radical (unpaired) electrons. The second-order valence-electron chi connectivity index (χ2n) is 4.19. The summed E-state index contributed by atoms with van der Waals surface area (Å²) in [6, 6.07) is 11.7. The molecule has 2 rings (SSSR count). The summed E-state index contributed by atoms with van der Waals surface area (Å²) in [4.78, 5) is 0. The van der Waals surface area contributed by atoms with Crippen LogP contribution in [0.15, 0.2) is 42.5 Å². The van der Waals surface area contributed by atoms with E-state index in [2.05, 4.69) is 27.9 Å². The third kappa shape index (κ3) is 3.30. The predicted octanol–water partition coefficient (Wildman–Crippen LogP) is 4.27. The van der Waals surface area contributed by atoms with Crippen molar-refractivity contribution in [3.63, 3.8) is 0 Å². The van der Waals surface area contributed by atoms with Crippen LogP contribution in [0.2, 0.25) is 0 Å². The molecule has 2 aromatic carbocycles. The summed E-state index contributed by atoms with van der Waals surface area (Å²) in [6.07, 6.45) is 0. The van der Waals surface area contributed by atoms with Crippen LogP contribution in [0.25, 0.3) is 0 Å². The molecule has 2 aromatic rings. The molecule has 0 heterocycles. The Bertz CT molecular complexity index is 555. The Labute approximate surface area is 125 Å². The molecule has 0 aromatic heterocycles. The number of nitrogens with one attached hydrogen (secondary N) is 1. The molecule has 4 heteroatoms. The van der Waals surface area contributed by atoms with Crippen molar-refractivity contribution in [2.24, 2.45) is 0 Å². The molecule has 0 aliphatic carbocycles. The minimum atomic E-state index is -0.814. The highest BCUT2D eigenvalue weighted by Crippen LogP contribution is 2.26. The highest BCUT2D eigenvalue weighted by Gasteiger charge is 2.18. The van der Waals surface area contributed by atoms with E-state index in [4.69, 9.17) is 0 Å². The van der Waals surface area contributed by atoms with Gasteiger partial charge in [0.25, 0.3) is 0 Å². The lowest BCUT2D eigenvalue weighted by Crippen LogP contribution is -2.23. The van der Waals surface area contributed by atoms with Gasteiger partial charge in [-0.2, -0.15) is 0 Å². The molecule has 0 aliphatic rings. The van der Waals surface area contributed by atoms with Crippen molar-refractivity contribution in [2.45, 2.75) is 13.0 Å². The molecule has 0 saturated carbocycles. The third-order valence-corrected chi connectivity index (χ3v) is 3.62. The van der Waals surface area contributed by atoms with Crippen LogP contribution in [0.5, 0.6) is 0 Å². The molecule has 0 aliphatic heterocycles. The lowest BCUT2D eigenvalue weighted by Gasteiger charge is -2.19. The molecular weight excluding hydrogens is 359 g/mol. The van der Waals surface area contributed by atoms with Crippen LogP contribution in [-0.4, -0.2) is 6.54 Å². The minimum Gasteiger partial charge on any atom is -0.306 e. The van der Waals surface area contributed by atoms with E-state index < -0.39 is 11.6 Å². The number of halogens is 3. The first kappa shape index (κ1) is 14.4. The third-order valence-electron chi connectivity index (χ3n) is 2.90. The van der Waals surface area contributed by atoms with Crippen molar-refractivity contribution in [3.05, 3.63) is 68.8 Å². The van der Waals surface area contributed by atoms with Gasteiger partial charge in [-0.15, -0.1) is 0 Å². The van der Waals surface area contributed by atoms with E-state index in [9.17, 15) is 8.78 Å². The second-order valence-corrected chi connectivity index (χ2v) is 5.43. The Kier molecular flexibility index (Phi) is 4.87. The Balaban J connectivity index is 2.45. The van der Waals surface area contributed by atoms with Crippen LogP contribution in [0, 0.1) is 15.2 Å². The molecule has 0 saturated heterocycles. The Morgan fingerprint density at radius 2 is 1.79 bits per heavy atom. The van der Waals surface area contributed by atoms with E-state index in [0.29, 0.717) is 12.1 Å². The summed E-state index contributed by atoms with van der Waals surface area (Å²) in [7, 11) is 0. The van der Waals surface area contributed by atoms with Gasteiger partial charge in [0.05, 0.1) is 6.04 Å². The van der Waals surface area contributed by atoms with Gasteiger partial charge in [-0.3, -0.25) is 0 Å². The monoisotopic (exact) mass is 373 g/mol. The van der Waals surface area contributed by atoms with Crippen molar-refractivity contribution in [3.8, 4) is 0 Å². The standard InChI is InChI=1S/C15H14F2IN/c1-2-19-15(10-6-8-11(18)9-7-10)12-4-3-5-13(16)14(12)17/h3-9,15,19H,2H2,1H3. The number of benzene rings is 2. The smallest absolute Gasteiger partial charge is 0.163 e. The molecule has 0 spiro atoms. The number of rotatable bonds is 4. The minimum absolute atomic E-state index is 0.335. The summed E-state index contributed by atoms with van der Waals surface area (Å²) < 4.78 is 28.4. The molecule has 1 N–H and O–H groups in total. The van der Waals surface area contributed by atoms with E-state index in [1.807, 2.05) is 31.2 Å².